The summed E-state index contributed by atoms with van der Waals surface area (Å²) in [6, 6.07) is 10.5. The Morgan fingerprint density at radius 1 is 1.25 bits per heavy atom. The lowest BCUT2D eigenvalue weighted by Gasteiger charge is -2.22. The van der Waals surface area contributed by atoms with Crippen LogP contribution in [0.15, 0.2) is 36.5 Å². The van der Waals surface area contributed by atoms with Crippen molar-refractivity contribution in [2.24, 2.45) is 0 Å². The quantitative estimate of drug-likeness (QED) is 0.847. The van der Waals surface area contributed by atoms with Crippen LogP contribution >= 0.6 is 23.4 Å². The fourth-order valence-corrected chi connectivity index (χ4v) is 3.71. The molecular weight excluding hydrogens is 292 g/mol. The van der Waals surface area contributed by atoms with Crippen LogP contribution in [-0.4, -0.2) is 21.3 Å². The molecule has 2 aromatic rings. The highest BCUT2D eigenvalue weighted by atomic mass is 35.5. The van der Waals surface area contributed by atoms with Crippen LogP contribution in [0.2, 0.25) is 5.15 Å². The Balaban J connectivity index is 1.67. The molecule has 0 spiro atoms. The van der Waals surface area contributed by atoms with E-state index >= 15 is 0 Å². The van der Waals surface area contributed by atoms with Crippen molar-refractivity contribution in [1.29, 1.82) is 0 Å². The van der Waals surface area contributed by atoms with Gasteiger partial charge in [-0.25, -0.2) is 4.68 Å². The molecule has 0 aliphatic carbocycles. The van der Waals surface area contributed by atoms with Crippen LogP contribution in [0.1, 0.15) is 24.4 Å². The summed E-state index contributed by atoms with van der Waals surface area (Å²) >= 11 is 8.39. The van der Waals surface area contributed by atoms with Gasteiger partial charge in [-0.05, 0) is 29.9 Å². The highest BCUT2D eigenvalue weighted by Gasteiger charge is 2.20. The van der Waals surface area contributed by atoms with E-state index in [1.807, 2.05) is 46.8 Å². The van der Waals surface area contributed by atoms with Crippen molar-refractivity contribution in [2.45, 2.75) is 25.5 Å². The summed E-state index contributed by atoms with van der Waals surface area (Å²) in [6.45, 7) is 0.521. The van der Waals surface area contributed by atoms with Crippen LogP contribution in [0.3, 0.4) is 0 Å². The first-order valence-electron chi connectivity index (χ1n) is 6.82. The van der Waals surface area contributed by atoms with Gasteiger partial charge in [0.05, 0.1) is 12.2 Å². The minimum absolute atomic E-state index is 0.415. The van der Waals surface area contributed by atoms with Gasteiger partial charge in [0.2, 0.25) is 0 Å². The average Bonchev–Trinajstić information content (AvgIpc) is 2.88. The molecule has 5 heteroatoms. The summed E-state index contributed by atoms with van der Waals surface area (Å²) in [5.74, 6) is 3.04. The number of rotatable bonds is 4. The van der Waals surface area contributed by atoms with Gasteiger partial charge < -0.3 is 4.74 Å². The standard InChI is InChI=1S/C15H17ClN2OS/c16-15-14(19-11-12-4-2-1-3-5-12)10-17-18(15)13-6-8-20-9-7-13/h1-5,10,13H,6-9,11H2. The molecule has 20 heavy (non-hydrogen) atoms. The van der Waals surface area contributed by atoms with E-state index in [0.29, 0.717) is 23.6 Å². The third-order valence-electron chi connectivity index (χ3n) is 3.48. The van der Waals surface area contributed by atoms with Crippen molar-refractivity contribution in [3.8, 4) is 5.75 Å². The lowest BCUT2D eigenvalue weighted by Crippen LogP contribution is -2.16. The number of benzene rings is 1. The van der Waals surface area contributed by atoms with Crippen molar-refractivity contribution in [3.05, 3.63) is 47.2 Å². The van der Waals surface area contributed by atoms with Crippen LogP contribution in [-0.2, 0) is 6.61 Å². The van der Waals surface area contributed by atoms with Gasteiger partial charge in [0.25, 0.3) is 0 Å². The summed E-state index contributed by atoms with van der Waals surface area (Å²) in [6.07, 6.45) is 3.99. The van der Waals surface area contributed by atoms with Crippen molar-refractivity contribution in [3.63, 3.8) is 0 Å². The third kappa shape index (κ3) is 3.13. The van der Waals surface area contributed by atoms with Gasteiger partial charge in [0.15, 0.2) is 10.9 Å². The second kappa shape index (κ2) is 6.55. The largest absolute Gasteiger partial charge is 0.484 e. The monoisotopic (exact) mass is 308 g/mol. The molecule has 0 amide bonds. The molecule has 3 nitrogen and oxygen atoms in total. The first-order chi connectivity index (χ1) is 9.84. The summed E-state index contributed by atoms with van der Waals surface area (Å²) in [7, 11) is 0. The molecule has 1 aliphatic heterocycles. The van der Waals surface area contributed by atoms with E-state index in [2.05, 4.69) is 5.10 Å². The Hall–Kier alpha value is -1.13. The zero-order valence-corrected chi connectivity index (χ0v) is 12.7. The maximum absolute atomic E-state index is 6.39. The maximum Gasteiger partial charge on any atom is 0.176 e. The van der Waals surface area contributed by atoms with Crippen LogP contribution in [0.25, 0.3) is 0 Å². The molecule has 0 bridgehead atoms. The van der Waals surface area contributed by atoms with Crippen LogP contribution < -0.4 is 4.74 Å². The predicted molar refractivity (Wildman–Crippen MR) is 83.6 cm³/mol. The van der Waals surface area contributed by atoms with E-state index in [1.165, 1.54) is 11.5 Å². The minimum atomic E-state index is 0.415. The number of halogens is 1. The number of ether oxygens (including phenoxy) is 1. The van der Waals surface area contributed by atoms with E-state index in [4.69, 9.17) is 16.3 Å². The normalized spacial score (nSPS) is 16.2. The Morgan fingerprint density at radius 3 is 2.75 bits per heavy atom. The lowest BCUT2D eigenvalue weighted by molar-refractivity contribution is 0.305. The summed E-state index contributed by atoms with van der Waals surface area (Å²) < 4.78 is 7.69. The van der Waals surface area contributed by atoms with Crippen molar-refractivity contribution in [1.82, 2.24) is 9.78 Å². The van der Waals surface area contributed by atoms with Gasteiger partial charge in [0.1, 0.15) is 6.61 Å². The molecule has 0 radical (unpaired) electrons. The zero-order chi connectivity index (χ0) is 13.8. The SMILES string of the molecule is Clc1c(OCc2ccccc2)cnn1C1CCSCC1. The van der Waals surface area contributed by atoms with Crippen LogP contribution in [0, 0.1) is 0 Å². The molecule has 1 aromatic heterocycles. The second-order valence-electron chi connectivity index (χ2n) is 4.86. The predicted octanol–water partition coefficient (Wildman–Crippen LogP) is 4.18. The van der Waals surface area contributed by atoms with Gasteiger partial charge in [0, 0.05) is 0 Å². The maximum atomic E-state index is 6.39. The van der Waals surface area contributed by atoms with Crippen molar-refractivity contribution < 1.29 is 4.74 Å². The van der Waals surface area contributed by atoms with Crippen molar-refractivity contribution in [2.75, 3.05) is 11.5 Å². The van der Waals surface area contributed by atoms with Gasteiger partial charge >= 0.3 is 0 Å². The van der Waals surface area contributed by atoms with Gasteiger partial charge in [-0.1, -0.05) is 41.9 Å². The first-order valence-corrected chi connectivity index (χ1v) is 8.35. The highest BCUT2D eigenvalue weighted by Crippen LogP contribution is 2.33. The Labute approximate surface area is 128 Å². The van der Waals surface area contributed by atoms with E-state index in [-0.39, 0.29) is 0 Å². The second-order valence-corrected chi connectivity index (χ2v) is 6.44. The topological polar surface area (TPSA) is 27.1 Å². The fourth-order valence-electron chi connectivity index (χ4n) is 2.35. The van der Waals surface area contributed by atoms with Crippen LogP contribution in [0.5, 0.6) is 5.75 Å². The molecule has 0 saturated carbocycles. The van der Waals surface area contributed by atoms with Crippen molar-refractivity contribution >= 4 is 23.4 Å². The molecule has 1 saturated heterocycles. The molecule has 3 rings (SSSR count). The van der Waals surface area contributed by atoms with E-state index in [9.17, 15) is 0 Å². The fraction of sp³-hybridized carbons (Fsp3) is 0.400. The van der Waals surface area contributed by atoms with Crippen LogP contribution in [0.4, 0.5) is 0 Å². The number of hydrogen-bond donors (Lipinski definition) is 0. The number of aromatic nitrogens is 2. The Bertz CT molecular complexity index is 552. The average molecular weight is 309 g/mol. The lowest BCUT2D eigenvalue weighted by atomic mass is 10.2. The minimum Gasteiger partial charge on any atom is -0.484 e. The molecule has 1 aliphatic rings. The number of hydrogen-bond acceptors (Lipinski definition) is 3. The molecule has 2 heterocycles. The van der Waals surface area contributed by atoms with Gasteiger partial charge in [-0.2, -0.15) is 16.9 Å². The summed E-state index contributed by atoms with van der Waals surface area (Å²) in [5.41, 5.74) is 1.13. The summed E-state index contributed by atoms with van der Waals surface area (Å²) in [5, 5.41) is 5.03. The Kier molecular flexibility index (Phi) is 4.53. The number of nitrogens with zero attached hydrogens (tertiary/aromatic N) is 2. The summed E-state index contributed by atoms with van der Waals surface area (Å²) in [4.78, 5) is 0. The molecule has 1 fully saturated rings. The Morgan fingerprint density at radius 2 is 2.00 bits per heavy atom. The molecule has 0 unspecified atom stereocenters. The molecule has 0 N–H and O–H groups in total. The smallest absolute Gasteiger partial charge is 0.176 e. The molecule has 106 valence electrons. The molecule has 0 atom stereocenters. The van der Waals surface area contributed by atoms with Gasteiger partial charge in [-0.3, -0.25) is 0 Å². The van der Waals surface area contributed by atoms with E-state index in [1.54, 1.807) is 6.20 Å². The molecular formula is C15H17ClN2OS. The number of thioether (sulfide) groups is 1. The van der Waals surface area contributed by atoms with E-state index in [0.717, 1.165) is 18.4 Å². The first kappa shape index (κ1) is 13.8. The third-order valence-corrected chi connectivity index (χ3v) is 4.89. The van der Waals surface area contributed by atoms with E-state index < -0.39 is 0 Å². The van der Waals surface area contributed by atoms with Gasteiger partial charge in [-0.15, -0.1) is 0 Å². The zero-order valence-electron chi connectivity index (χ0n) is 11.2. The highest BCUT2D eigenvalue weighted by molar-refractivity contribution is 7.99. The molecule has 1 aromatic carbocycles.